The highest BCUT2D eigenvalue weighted by Gasteiger charge is 2.19. The van der Waals surface area contributed by atoms with Gasteiger partial charge in [0.1, 0.15) is 0 Å². The highest BCUT2D eigenvalue weighted by molar-refractivity contribution is 6.41. The predicted molar refractivity (Wildman–Crippen MR) is 80.9 cm³/mol. The third kappa shape index (κ3) is 2.86. The van der Waals surface area contributed by atoms with Gasteiger partial charge in [0.2, 0.25) is 0 Å². The molecule has 5 heteroatoms. The van der Waals surface area contributed by atoms with Gasteiger partial charge in [0.15, 0.2) is 5.78 Å². The second-order valence-electron chi connectivity index (χ2n) is 3.87. The normalized spacial score (nSPS) is 10.3. The summed E-state index contributed by atoms with van der Waals surface area (Å²) < 4.78 is 0. The number of ketones is 1. The fraction of sp³-hybridized carbons (Fsp3) is 0.0714. The standard InChI is InChI=1S/C14H10Cl3NO/c1-18-12-6-5-8(15)7-9(12)14(19)13-10(16)3-2-4-11(13)17/h2-7,18H,1H3. The summed E-state index contributed by atoms with van der Waals surface area (Å²) in [7, 11) is 1.73. The molecular formula is C14H10Cl3NO. The molecule has 0 heterocycles. The maximum absolute atomic E-state index is 12.6. The Kier molecular flexibility index (Phi) is 4.35. The van der Waals surface area contributed by atoms with Crippen molar-refractivity contribution in [2.45, 2.75) is 0 Å². The van der Waals surface area contributed by atoms with E-state index in [4.69, 9.17) is 34.8 Å². The molecule has 0 aromatic heterocycles. The van der Waals surface area contributed by atoms with Crippen LogP contribution in [0.5, 0.6) is 0 Å². The number of rotatable bonds is 3. The largest absolute Gasteiger partial charge is 0.388 e. The zero-order chi connectivity index (χ0) is 14.0. The Hall–Kier alpha value is -1.22. The van der Waals surface area contributed by atoms with Crippen molar-refractivity contribution >= 4 is 46.3 Å². The molecule has 0 bridgehead atoms. The van der Waals surface area contributed by atoms with Crippen LogP contribution in [0.4, 0.5) is 5.69 Å². The average molecular weight is 315 g/mol. The van der Waals surface area contributed by atoms with E-state index in [1.165, 1.54) is 0 Å². The van der Waals surface area contributed by atoms with Crippen LogP contribution in [-0.4, -0.2) is 12.8 Å². The van der Waals surface area contributed by atoms with Gasteiger partial charge in [0, 0.05) is 23.3 Å². The Morgan fingerprint density at radius 2 is 1.68 bits per heavy atom. The molecule has 2 aromatic carbocycles. The summed E-state index contributed by atoms with van der Waals surface area (Å²) in [6.45, 7) is 0. The lowest BCUT2D eigenvalue weighted by molar-refractivity contribution is 0.104. The van der Waals surface area contributed by atoms with E-state index in [1.807, 2.05) is 0 Å². The molecule has 0 aliphatic heterocycles. The van der Waals surface area contributed by atoms with Crippen LogP contribution in [-0.2, 0) is 0 Å². The summed E-state index contributed by atoms with van der Waals surface area (Å²) in [5, 5.41) is 4.06. The summed E-state index contributed by atoms with van der Waals surface area (Å²) in [4.78, 5) is 12.6. The predicted octanol–water partition coefficient (Wildman–Crippen LogP) is 4.92. The molecule has 1 N–H and O–H groups in total. The van der Waals surface area contributed by atoms with E-state index in [-0.39, 0.29) is 11.3 Å². The summed E-state index contributed by atoms with van der Waals surface area (Å²) in [6.07, 6.45) is 0. The molecule has 19 heavy (non-hydrogen) atoms. The molecule has 2 aromatic rings. The fourth-order valence-electron chi connectivity index (χ4n) is 1.77. The molecule has 0 atom stereocenters. The third-order valence-electron chi connectivity index (χ3n) is 2.69. The monoisotopic (exact) mass is 313 g/mol. The Balaban J connectivity index is 2.59. The van der Waals surface area contributed by atoms with E-state index < -0.39 is 0 Å². The Bertz CT molecular complexity index is 620. The average Bonchev–Trinajstić information content (AvgIpc) is 2.38. The third-order valence-corrected chi connectivity index (χ3v) is 3.55. The van der Waals surface area contributed by atoms with Gasteiger partial charge < -0.3 is 5.32 Å². The van der Waals surface area contributed by atoms with Crippen LogP contribution in [0.2, 0.25) is 15.1 Å². The van der Waals surface area contributed by atoms with Crippen molar-refractivity contribution in [1.29, 1.82) is 0 Å². The van der Waals surface area contributed by atoms with Gasteiger partial charge in [0.05, 0.1) is 15.6 Å². The first-order valence-electron chi connectivity index (χ1n) is 5.50. The van der Waals surface area contributed by atoms with Crippen molar-refractivity contribution in [3.8, 4) is 0 Å². The van der Waals surface area contributed by atoms with Gasteiger partial charge in [-0.3, -0.25) is 4.79 Å². The molecule has 0 amide bonds. The van der Waals surface area contributed by atoms with Crippen molar-refractivity contribution in [1.82, 2.24) is 0 Å². The van der Waals surface area contributed by atoms with Crippen molar-refractivity contribution < 1.29 is 4.79 Å². The summed E-state index contributed by atoms with van der Waals surface area (Å²) in [5.74, 6) is -0.262. The maximum atomic E-state index is 12.6. The quantitative estimate of drug-likeness (QED) is 0.815. The number of hydrogen-bond acceptors (Lipinski definition) is 2. The van der Waals surface area contributed by atoms with E-state index in [0.29, 0.717) is 26.3 Å². The van der Waals surface area contributed by atoms with Crippen molar-refractivity contribution in [2.75, 3.05) is 12.4 Å². The number of nitrogens with one attached hydrogen (secondary N) is 1. The second-order valence-corrected chi connectivity index (χ2v) is 5.12. The van der Waals surface area contributed by atoms with Crippen LogP contribution in [0.3, 0.4) is 0 Å². The van der Waals surface area contributed by atoms with Crippen molar-refractivity contribution in [3.05, 3.63) is 62.6 Å². The minimum absolute atomic E-state index is 0.262. The van der Waals surface area contributed by atoms with Gasteiger partial charge in [-0.25, -0.2) is 0 Å². The van der Waals surface area contributed by atoms with Crippen molar-refractivity contribution in [3.63, 3.8) is 0 Å². The molecule has 0 unspecified atom stereocenters. The lowest BCUT2D eigenvalue weighted by Gasteiger charge is -2.11. The Morgan fingerprint density at radius 3 is 2.26 bits per heavy atom. The minimum atomic E-state index is -0.262. The molecule has 2 rings (SSSR count). The lowest BCUT2D eigenvalue weighted by atomic mass is 10.0. The highest BCUT2D eigenvalue weighted by atomic mass is 35.5. The molecule has 0 spiro atoms. The van der Waals surface area contributed by atoms with Crippen molar-refractivity contribution in [2.24, 2.45) is 0 Å². The van der Waals surface area contributed by atoms with Gasteiger partial charge >= 0.3 is 0 Å². The molecule has 0 radical (unpaired) electrons. The summed E-state index contributed by atoms with van der Waals surface area (Å²) in [5.41, 5.74) is 1.39. The smallest absolute Gasteiger partial charge is 0.198 e. The number of anilines is 1. The van der Waals surface area contributed by atoms with Gasteiger partial charge in [-0.05, 0) is 30.3 Å². The highest BCUT2D eigenvalue weighted by Crippen LogP contribution is 2.30. The first kappa shape index (κ1) is 14.2. The second kappa shape index (κ2) is 5.83. The molecule has 98 valence electrons. The summed E-state index contributed by atoms with van der Waals surface area (Å²) in [6, 6.07) is 9.99. The number of carbonyl (C=O) groups excluding carboxylic acids is 1. The SMILES string of the molecule is CNc1ccc(Cl)cc1C(=O)c1c(Cl)cccc1Cl. The van der Waals surface area contributed by atoms with E-state index in [0.717, 1.165) is 0 Å². The van der Waals surface area contributed by atoms with E-state index in [9.17, 15) is 4.79 Å². The summed E-state index contributed by atoms with van der Waals surface area (Å²) >= 11 is 18.0. The van der Waals surface area contributed by atoms with Gasteiger partial charge in [-0.1, -0.05) is 40.9 Å². The molecule has 0 saturated carbocycles. The van der Waals surface area contributed by atoms with E-state index in [1.54, 1.807) is 43.4 Å². The van der Waals surface area contributed by atoms with E-state index >= 15 is 0 Å². The topological polar surface area (TPSA) is 29.1 Å². The molecule has 0 fully saturated rings. The van der Waals surface area contributed by atoms with Gasteiger partial charge in [-0.15, -0.1) is 0 Å². The number of halogens is 3. The van der Waals surface area contributed by atoms with Gasteiger partial charge in [-0.2, -0.15) is 0 Å². The maximum Gasteiger partial charge on any atom is 0.198 e. The molecule has 0 aliphatic carbocycles. The van der Waals surface area contributed by atoms with Crippen LogP contribution in [0.15, 0.2) is 36.4 Å². The van der Waals surface area contributed by atoms with Crippen LogP contribution in [0.1, 0.15) is 15.9 Å². The van der Waals surface area contributed by atoms with Crippen LogP contribution in [0.25, 0.3) is 0 Å². The first-order chi connectivity index (χ1) is 9.04. The Morgan fingerprint density at radius 1 is 1.05 bits per heavy atom. The zero-order valence-corrected chi connectivity index (χ0v) is 12.3. The molecular weight excluding hydrogens is 305 g/mol. The number of benzene rings is 2. The van der Waals surface area contributed by atoms with Gasteiger partial charge in [0.25, 0.3) is 0 Å². The minimum Gasteiger partial charge on any atom is -0.388 e. The lowest BCUT2D eigenvalue weighted by Crippen LogP contribution is -2.07. The molecule has 0 aliphatic rings. The zero-order valence-electron chi connectivity index (χ0n) is 10.0. The molecule has 0 saturated heterocycles. The Labute approximate surface area is 126 Å². The van der Waals surface area contributed by atoms with E-state index in [2.05, 4.69) is 5.32 Å². The van der Waals surface area contributed by atoms with Crippen LogP contribution >= 0.6 is 34.8 Å². The van der Waals surface area contributed by atoms with Crippen LogP contribution < -0.4 is 5.32 Å². The fourth-order valence-corrected chi connectivity index (χ4v) is 2.51. The number of carbonyl (C=O) groups is 1. The number of hydrogen-bond donors (Lipinski definition) is 1. The molecule has 2 nitrogen and oxygen atoms in total. The first-order valence-corrected chi connectivity index (χ1v) is 6.64. The van der Waals surface area contributed by atoms with Crippen LogP contribution in [0, 0.1) is 0 Å².